The molecule has 9 nitrogen and oxygen atoms in total. The molecule has 3 atom stereocenters. The number of alkyl halides is 3. The fourth-order valence-electron chi connectivity index (χ4n) is 4.81. The van der Waals surface area contributed by atoms with Crippen LogP contribution in [0.1, 0.15) is 18.4 Å². The van der Waals surface area contributed by atoms with Gasteiger partial charge in [0, 0.05) is 18.2 Å². The van der Waals surface area contributed by atoms with Gasteiger partial charge in [0.1, 0.15) is 11.8 Å². The summed E-state index contributed by atoms with van der Waals surface area (Å²) in [4.78, 5) is 18.1. The van der Waals surface area contributed by atoms with E-state index >= 15 is 0 Å². The molecule has 1 aromatic carbocycles. The van der Waals surface area contributed by atoms with Crippen molar-refractivity contribution in [3.63, 3.8) is 0 Å². The van der Waals surface area contributed by atoms with Gasteiger partial charge in [-0.3, -0.25) is 4.98 Å². The number of nitrogen functional groups attached to an aromatic ring is 1. The molecule has 0 aliphatic carbocycles. The van der Waals surface area contributed by atoms with Crippen molar-refractivity contribution in [1.29, 1.82) is 0 Å². The van der Waals surface area contributed by atoms with Gasteiger partial charge in [-0.25, -0.2) is 23.7 Å². The van der Waals surface area contributed by atoms with Gasteiger partial charge in [0.15, 0.2) is 29.2 Å². The lowest BCUT2D eigenvalue weighted by atomic mass is 9.91. The maximum Gasteiger partial charge on any atom is 0.416 e. The van der Waals surface area contributed by atoms with Crippen LogP contribution in [0.4, 0.5) is 33.5 Å². The molecule has 4 heterocycles. The smallest absolute Gasteiger partial charge is 0.382 e. The Morgan fingerprint density at radius 2 is 1.87 bits per heavy atom. The molecule has 4 aromatic rings. The second-order valence-electron chi connectivity index (χ2n) is 9.11. The number of imidazole rings is 1. The van der Waals surface area contributed by atoms with Crippen molar-refractivity contribution in [2.24, 2.45) is 5.73 Å². The highest BCUT2D eigenvalue weighted by atomic mass is 19.4. The number of pyridine rings is 1. The number of aliphatic hydroxyl groups excluding tert-OH is 1. The number of halogens is 5. The van der Waals surface area contributed by atoms with Crippen LogP contribution in [-0.2, 0) is 6.54 Å². The highest BCUT2D eigenvalue weighted by Crippen LogP contribution is 2.36. The van der Waals surface area contributed by atoms with E-state index in [0.717, 1.165) is 12.1 Å². The predicted octanol–water partition coefficient (Wildman–Crippen LogP) is 3.02. The number of nitrogens with two attached hydrogens (primary N) is 2. The van der Waals surface area contributed by atoms with Crippen LogP contribution >= 0.6 is 0 Å². The van der Waals surface area contributed by atoms with Crippen molar-refractivity contribution in [1.82, 2.24) is 24.5 Å². The topological polar surface area (TPSA) is 132 Å². The number of hydrogen-bond donors (Lipinski definition) is 3. The summed E-state index contributed by atoms with van der Waals surface area (Å²) in [6.45, 7) is 0.243. The monoisotopic (exact) mass is 534 g/mol. The van der Waals surface area contributed by atoms with Gasteiger partial charge in [0.2, 0.25) is 0 Å². The molecule has 200 valence electrons. The van der Waals surface area contributed by atoms with E-state index in [1.807, 2.05) is 0 Å². The molecule has 1 unspecified atom stereocenters. The number of benzene rings is 1. The van der Waals surface area contributed by atoms with Crippen LogP contribution in [-0.4, -0.2) is 60.5 Å². The van der Waals surface area contributed by atoms with E-state index in [1.54, 1.807) is 10.6 Å². The van der Waals surface area contributed by atoms with Gasteiger partial charge in [0.05, 0.1) is 36.5 Å². The van der Waals surface area contributed by atoms with E-state index in [1.165, 1.54) is 29.8 Å². The summed E-state index contributed by atoms with van der Waals surface area (Å²) in [5.74, 6) is -1.95. The van der Waals surface area contributed by atoms with Crippen molar-refractivity contribution >= 4 is 22.7 Å². The van der Waals surface area contributed by atoms with Gasteiger partial charge in [-0.05, 0) is 42.7 Å². The van der Waals surface area contributed by atoms with Gasteiger partial charge in [-0.15, -0.1) is 0 Å². The molecule has 3 aromatic heterocycles. The van der Waals surface area contributed by atoms with Crippen molar-refractivity contribution in [3.05, 3.63) is 60.3 Å². The van der Waals surface area contributed by atoms with Crippen LogP contribution in [0.3, 0.4) is 0 Å². The minimum Gasteiger partial charge on any atom is -0.382 e. The summed E-state index contributed by atoms with van der Waals surface area (Å²) in [5, 5.41) is 10.2. The fraction of sp³-hybridized carbons (Fsp3) is 0.333. The van der Waals surface area contributed by atoms with Crippen molar-refractivity contribution in [3.8, 4) is 11.3 Å². The summed E-state index contributed by atoms with van der Waals surface area (Å²) in [6, 6.07) is 2.43. The zero-order valence-corrected chi connectivity index (χ0v) is 19.8. The Morgan fingerprint density at radius 1 is 1.08 bits per heavy atom. The van der Waals surface area contributed by atoms with Crippen LogP contribution in [0.5, 0.6) is 0 Å². The number of anilines is 2. The van der Waals surface area contributed by atoms with E-state index < -0.39 is 36.0 Å². The molecular weight excluding hydrogens is 511 g/mol. The molecule has 14 heteroatoms. The zero-order valence-electron chi connectivity index (χ0n) is 19.8. The molecule has 5 rings (SSSR count). The third-order valence-corrected chi connectivity index (χ3v) is 6.65. The summed E-state index contributed by atoms with van der Waals surface area (Å²) >= 11 is 0. The van der Waals surface area contributed by atoms with E-state index in [-0.39, 0.29) is 30.2 Å². The van der Waals surface area contributed by atoms with Crippen LogP contribution in [0.15, 0.2) is 43.1 Å². The third kappa shape index (κ3) is 4.72. The minimum absolute atomic E-state index is 0.0576. The lowest BCUT2D eigenvalue weighted by molar-refractivity contribution is -0.212. The molecule has 1 aliphatic rings. The lowest BCUT2D eigenvalue weighted by Crippen LogP contribution is -2.61. The predicted molar refractivity (Wildman–Crippen MR) is 129 cm³/mol. The number of rotatable bonds is 5. The van der Waals surface area contributed by atoms with Gasteiger partial charge in [0.25, 0.3) is 0 Å². The number of aliphatic hydroxyl groups is 1. The van der Waals surface area contributed by atoms with Crippen LogP contribution in [0, 0.1) is 11.6 Å². The molecule has 38 heavy (non-hydrogen) atoms. The fourth-order valence-corrected chi connectivity index (χ4v) is 4.81. The number of aromatic nitrogens is 5. The van der Waals surface area contributed by atoms with E-state index in [9.17, 15) is 27.1 Å². The Balaban J connectivity index is 1.64. The second kappa shape index (κ2) is 9.76. The molecular formula is C24H23F5N8O. The summed E-state index contributed by atoms with van der Waals surface area (Å²) in [7, 11) is 0. The Bertz CT molecular complexity index is 1480. The quantitative estimate of drug-likeness (QED) is 0.333. The molecule has 5 N–H and O–H groups in total. The molecule has 0 bridgehead atoms. The third-order valence-electron chi connectivity index (χ3n) is 6.65. The van der Waals surface area contributed by atoms with E-state index in [0.29, 0.717) is 35.3 Å². The van der Waals surface area contributed by atoms with Crippen LogP contribution < -0.4 is 16.4 Å². The van der Waals surface area contributed by atoms with E-state index in [4.69, 9.17) is 11.5 Å². The molecule has 1 saturated heterocycles. The van der Waals surface area contributed by atoms with Gasteiger partial charge in [-0.2, -0.15) is 13.2 Å². The number of piperidine rings is 1. The van der Waals surface area contributed by atoms with Crippen molar-refractivity contribution in [2.75, 3.05) is 17.2 Å². The second-order valence-corrected chi connectivity index (χ2v) is 9.11. The summed E-state index contributed by atoms with van der Waals surface area (Å²) in [5.41, 5.74) is 14.0. The molecule has 0 radical (unpaired) electrons. The maximum absolute atomic E-state index is 14.0. The zero-order chi connectivity index (χ0) is 27.2. The molecule has 0 spiro atoms. The SMILES string of the molecule is Nc1ncnc2c1ncn2Cc1cc(-c2ccc(F)c(F)c2)ncc1N1CCC[C@@H](N)[C@H]1C(O)C(F)(F)F. The van der Waals surface area contributed by atoms with Gasteiger partial charge >= 0.3 is 6.18 Å². The maximum atomic E-state index is 14.0. The summed E-state index contributed by atoms with van der Waals surface area (Å²) in [6.07, 6.45) is -2.74. The molecule has 1 aliphatic heterocycles. The molecule has 1 fully saturated rings. The Labute approximate surface area is 213 Å². The number of fused-ring (bicyclic) bond motifs is 1. The van der Waals surface area contributed by atoms with E-state index in [2.05, 4.69) is 19.9 Å². The highest BCUT2D eigenvalue weighted by molar-refractivity contribution is 5.81. The number of nitrogens with zero attached hydrogens (tertiary/aromatic N) is 6. The van der Waals surface area contributed by atoms with Gasteiger partial charge in [-0.1, -0.05) is 0 Å². The van der Waals surface area contributed by atoms with Crippen molar-refractivity contribution in [2.45, 2.75) is 43.8 Å². The van der Waals surface area contributed by atoms with Crippen LogP contribution in [0.2, 0.25) is 0 Å². The van der Waals surface area contributed by atoms with Gasteiger partial charge < -0.3 is 26.0 Å². The normalized spacial score (nSPS) is 19.2. The highest BCUT2D eigenvalue weighted by Gasteiger charge is 2.49. The first-order valence-electron chi connectivity index (χ1n) is 11.7. The minimum atomic E-state index is -4.90. The largest absolute Gasteiger partial charge is 0.416 e. The average Bonchev–Trinajstić information content (AvgIpc) is 3.28. The Morgan fingerprint density at radius 3 is 2.61 bits per heavy atom. The number of hydrogen-bond acceptors (Lipinski definition) is 8. The lowest BCUT2D eigenvalue weighted by Gasteiger charge is -2.44. The Hall–Kier alpha value is -3.91. The van der Waals surface area contributed by atoms with Crippen LogP contribution in [0.25, 0.3) is 22.4 Å². The first-order valence-corrected chi connectivity index (χ1v) is 11.7. The first kappa shape index (κ1) is 25.7. The van der Waals surface area contributed by atoms with Crippen molar-refractivity contribution < 1.29 is 27.1 Å². The average molecular weight is 534 g/mol. The standard InChI is InChI=1S/C24H23F5N8O/c25-14-4-3-12(6-15(14)26)17-7-13(9-36-11-35-19-22(31)33-10-34-23(19)36)18(8-32-17)37-5-1-2-16(30)20(37)21(38)24(27,28)29/h3-4,6-8,10-11,16,20-21,38H,1-2,5,9,30H2,(H2,31,33,34)/t16-,20+,21?/m1/s1. The molecule has 0 amide bonds. The Kier molecular flexibility index (Phi) is 6.61. The first-order chi connectivity index (χ1) is 18.0. The summed E-state index contributed by atoms with van der Waals surface area (Å²) < 4.78 is 70.0. The molecule has 0 saturated carbocycles.